The van der Waals surface area contributed by atoms with Crippen LogP contribution in [-0.2, 0) is 19.8 Å². The molecule has 0 N–H and O–H groups in total. The highest BCUT2D eigenvalue weighted by molar-refractivity contribution is 6.10. The Morgan fingerprint density at radius 3 is 2.43 bits per heavy atom. The Morgan fingerprint density at radius 1 is 1.17 bits per heavy atom. The fraction of sp³-hybridized carbons (Fsp3) is 0.348. The SMILES string of the molecule is Cc1ccc(OCCN(C)C(=O)CC2(c3ccccc3F)CC(=O)N(C)C2=O)cc1. The molecule has 0 radical (unpaired) electrons. The third-order valence-corrected chi connectivity index (χ3v) is 5.53. The number of amides is 3. The second-order valence-electron chi connectivity index (χ2n) is 7.65. The average molecular weight is 412 g/mol. The summed E-state index contributed by atoms with van der Waals surface area (Å²) >= 11 is 0. The van der Waals surface area contributed by atoms with Gasteiger partial charge in [-0.1, -0.05) is 35.9 Å². The minimum Gasteiger partial charge on any atom is -0.492 e. The molecule has 1 heterocycles. The highest BCUT2D eigenvalue weighted by Crippen LogP contribution is 2.40. The highest BCUT2D eigenvalue weighted by atomic mass is 19.1. The van der Waals surface area contributed by atoms with Gasteiger partial charge in [-0.3, -0.25) is 19.3 Å². The normalized spacial score (nSPS) is 18.6. The van der Waals surface area contributed by atoms with Gasteiger partial charge in [0.25, 0.3) is 0 Å². The maximum atomic E-state index is 14.6. The molecule has 1 fully saturated rings. The number of imide groups is 1. The Labute approximate surface area is 175 Å². The summed E-state index contributed by atoms with van der Waals surface area (Å²) in [5, 5.41) is 0. The van der Waals surface area contributed by atoms with Gasteiger partial charge < -0.3 is 9.64 Å². The summed E-state index contributed by atoms with van der Waals surface area (Å²) in [7, 11) is 2.96. The number of carbonyl (C=O) groups excluding carboxylic acids is 3. The van der Waals surface area contributed by atoms with E-state index < -0.39 is 23.0 Å². The van der Waals surface area contributed by atoms with Crippen LogP contribution in [0, 0.1) is 12.7 Å². The summed E-state index contributed by atoms with van der Waals surface area (Å²) in [5.41, 5.74) is -0.334. The Kier molecular flexibility index (Phi) is 6.20. The van der Waals surface area contributed by atoms with E-state index in [4.69, 9.17) is 4.74 Å². The molecule has 3 amide bonds. The lowest BCUT2D eigenvalue weighted by Crippen LogP contribution is -2.43. The summed E-state index contributed by atoms with van der Waals surface area (Å²) < 4.78 is 20.2. The van der Waals surface area contributed by atoms with E-state index in [0.29, 0.717) is 5.75 Å². The van der Waals surface area contributed by atoms with Crippen LogP contribution >= 0.6 is 0 Å². The average Bonchev–Trinajstić information content (AvgIpc) is 2.94. The zero-order valence-corrected chi connectivity index (χ0v) is 17.4. The minimum atomic E-state index is -1.53. The van der Waals surface area contributed by atoms with E-state index in [1.165, 1.54) is 30.1 Å². The molecule has 1 aliphatic heterocycles. The molecule has 30 heavy (non-hydrogen) atoms. The number of halogens is 1. The Balaban J connectivity index is 1.72. The van der Waals surface area contributed by atoms with Crippen molar-refractivity contribution >= 4 is 17.7 Å². The predicted octanol–water partition coefficient (Wildman–Crippen LogP) is 2.69. The molecule has 158 valence electrons. The summed E-state index contributed by atoms with van der Waals surface area (Å²) in [6, 6.07) is 13.4. The number of likely N-dealkylation sites (tertiary alicyclic amines) is 1. The molecule has 7 heteroatoms. The Bertz CT molecular complexity index is 960. The number of ether oxygens (including phenoxy) is 1. The molecule has 2 aromatic rings. The molecular formula is C23H25FN2O4. The molecule has 0 saturated carbocycles. The van der Waals surface area contributed by atoms with Gasteiger partial charge in [0, 0.05) is 32.5 Å². The topological polar surface area (TPSA) is 66.9 Å². The van der Waals surface area contributed by atoms with Crippen molar-refractivity contribution in [3.8, 4) is 5.75 Å². The van der Waals surface area contributed by atoms with Gasteiger partial charge in [0.1, 0.15) is 18.2 Å². The maximum absolute atomic E-state index is 14.6. The molecule has 1 atom stereocenters. The molecule has 0 spiro atoms. The fourth-order valence-corrected chi connectivity index (χ4v) is 3.63. The van der Waals surface area contributed by atoms with Crippen molar-refractivity contribution < 1.29 is 23.5 Å². The summed E-state index contributed by atoms with van der Waals surface area (Å²) in [6.07, 6.45) is -0.521. The number of benzene rings is 2. The Hall–Kier alpha value is -3.22. The van der Waals surface area contributed by atoms with Crippen LogP contribution in [-0.4, -0.2) is 54.8 Å². The molecule has 6 nitrogen and oxygen atoms in total. The number of nitrogens with zero attached hydrogens (tertiary/aromatic N) is 2. The lowest BCUT2D eigenvalue weighted by atomic mass is 9.75. The summed E-state index contributed by atoms with van der Waals surface area (Å²) in [6.45, 7) is 2.54. The second-order valence-corrected chi connectivity index (χ2v) is 7.65. The largest absolute Gasteiger partial charge is 0.492 e. The quantitative estimate of drug-likeness (QED) is 0.656. The second kappa shape index (κ2) is 8.65. The number of hydrogen-bond acceptors (Lipinski definition) is 4. The van der Waals surface area contributed by atoms with Crippen molar-refractivity contribution in [2.75, 3.05) is 27.2 Å². The van der Waals surface area contributed by atoms with Crippen molar-refractivity contribution in [3.63, 3.8) is 0 Å². The van der Waals surface area contributed by atoms with Gasteiger partial charge in [-0.2, -0.15) is 0 Å². The minimum absolute atomic E-state index is 0.0744. The van der Waals surface area contributed by atoms with Crippen LogP contribution in [0.5, 0.6) is 5.75 Å². The van der Waals surface area contributed by atoms with E-state index in [1.54, 1.807) is 13.1 Å². The van der Waals surface area contributed by atoms with Gasteiger partial charge in [0.2, 0.25) is 17.7 Å². The number of rotatable bonds is 7. The summed E-state index contributed by atoms with van der Waals surface area (Å²) in [4.78, 5) is 40.5. The first-order valence-electron chi connectivity index (χ1n) is 9.74. The van der Waals surface area contributed by atoms with Crippen molar-refractivity contribution in [1.82, 2.24) is 9.80 Å². The van der Waals surface area contributed by atoms with E-state index in [1.807, 2.05) is 31.2 Å². The van der Waals surface area contributed by atoms with Gasteiger partial charge in [0.05, 0.1) is 12.0 Å². The zero-order chi connectivity index (χ0) is 21.9. The van der Waals surface area contributed by atoms with Gasteiger partial charge in [-0.15, -0.1) is 0 Å². The molecular weight excluding hydrogens is 387 g/mol. The highest BCUT2D eigenvalue weighted by Gasteiger charge is 2.53. The van der Waals surface area contributed by atoms with E-state index in [-0.39, 0.29) is 37.5 Å². The molecule has 2 aromatic carbocycles. The van der Waals surface area contributed by atoms with Gasteiger partial charge in [0.15, 0.2) is 0 Å². The molecule has 1 saturated heterocycles. The van der Waals surface area contributed by atoms with E-state index in [2.05, 4.69) is 0 Å². The van der Waals surface area contributed by atoms with E-state index in [9.17, 15) is 18.8 Å². The van der Waals surface area contributed by atoms with Crippen molar-refractivity contribution in [1.29, 1.82) is 0 Å². The van der Waals surface area contributed by atoms with Crippen LogP contribution in [0.4, 0.5) is 4.39 Å². The number of carbonyl (C=O) groups is 3. The third kappa shape index (κ3) is 4.20. The van der Waals surface area contributed by atoms with Crippen molar-refractivity contribution in [2.24, 2.45) is 0 Å². The molecule has 0 aliphatic carbocycles. The lowest BCUT2D eigenvalue weighted by Gasteiger charge is -2.29. The first-order valence-corrected chi connectivity index (χ1v) is 9.74. The van der Waals surface area contributed by atoms with Crippen LogP contribution in [0.1, 0.15) is 24.0 Å². The van der Waals surface area contributed by atoms with Crippen molar-refractivity contribution in [2.45, 2.75) is 25.2 Å². The van der Waals surface area contributed by atoms with Gasteiger partial charge >= 0.3 is 0 Å². The van der Waals surface area contributed by atoms with Crippen LogP contribution in [0.3, 0.4) is 0 Å². The lowest BCUT2D eigenvalue weighted by molar-refractivity contribution is -0.141. The number of likely N-dealkylation sites (N-methyl/N-ethyl adjacent to an activating group) is 2. The monoisotopic (exact) mass is 412 g/mol. The smallest absolute Gasteiger partial charge is 0.240 e. The molecule has 1 unspecified atom stereocenters. The van der Waals surface area contributed by atoms with Crippen LogP contribution in [0.25, 0.3) is 0 Å². The fourth-order valence-electron chi connectivity index (χ4n) is 3.63. The standard InChI is InChI=1S/C23H25FN2O4/c1-16-8-10-17(11-9-16)30-13-12-25(2)20(27)14-23(15-21(28)26(3)22(23)29)18-6-4-5-7-19(18)24/h4-11H,12-15H2,1-3H3. The van der Waals surface area contributed by atoms with Crippen molar-refractivity contribution in [3.05, 3.63) is 65.5 Å². The van der Waals surface area contributed by atoms with E-state index >= 15 is 0 Å². The molecule has 0 bridgehead atoms. The first kappa shape index (κ1) is 21.5. The predicted molar refractivity (Wildman–Crippen MR) is 109 cm³/mol. The molecule has 1 aliphatic rings. The molecule has 0 aromatic heterocycles. The zero-order valence-electron chi connectivity index (χ0n) is 17.4. The van der Waals surface area contributed by atoms with E-state index in [0.717, 1.165) is 10.5 Å². The summed E-state index contributed by atoms with van der Waals surface area (Å²) in [5.74, 6) is -1.26. The van der Waals surface area contributed by atoms with Crippen LogP contribution in [0.15, 0.2) is 48.5 Å². The number of hydrogen-bond donors (Lipinski definition) is 0. The third-order valence-electron chi connectivity index (χ3n) is 5.53. The van der Waals surface area contributed by atoms with Crippen LogP contribution < -0.4 is 4.74 Å². The number of aryl methyl sites for hydroxylation is 1. The maximum Gasteiger partial charge on any atom is 0.240 e. The Morgan fingerprint density at radius 2 is 1.83 bits per heavy atom. The van der Waals surface area contributed by atoms with Gasteiger partial charge in [-0.05, 0) is 25.1 Å². The van der Waals surface area contributed by atoms with Gasteiger partial charge in [-0.25, -0.2) is 4.39 Å². The first-order chi connectivity index (χ1) is 14.2. The van der Waals surface area contributed by atoms with Crippen LogP contribution in [0.2, 0.25) is 0 Å². The molecule has 3 rings (SSSR count).